The van der Waals surface area contributed by atoms with E-state index in [1.54, 1.807) is 0 Å². The number of benzene rings is 1. The highest BCUT2D eigenvalue weighted by Gasteiger charge is 2.22. The molecular formula is C77H140N6O27. The lowest BCUT2D eigenvalue weighted by atomic mass is 10.1. The van der Waals surface area contributed by atoms with Crippen LogP contribution in [0.25, 0.3) is 21.9 Å². The van der Waals surface area contributed by atoms with Crippen molar-refractivity contribution in [3.8, 4) is 0 Å². The monoisotopic (exact) mass is 1580 g/mol. The number of piperazine rings is 1. The van der Waals surface area contributed by atoms with Crippen molar-refractivity contribution in [1.82, 2.24) is 19.4 Å². The number of hydrogen-bond donors (Lipinski definition) is 2. The molecule has 2 aromatic heterocycles. The van der Waals surface area contributed by atoms with Crippen molar-refractivity contribution in [2.45, 2.75) is 78.4 Å². The van der Waals surface area contributed by atoms with E-state index in [1.807, 2.05) is 20.8 Å². The molecule has 110 heavy (non-hydrogen) atoms. The van der Waals surface area contributed by atoms with Gasteiger partial charge >= 0.3 is 5.97 Å². The molecule has 3 heterocycles. The lowest BCUT2D eigenvalue weighted by Crippen LogP contribution is -2.47. The maximum Gasteiger partial charge on any atom is 0.308 e. The van der Waals surface area contributed by atoms with Crippen LogP contribution in [0.4, 0.5) is 11.5 Å². The zero-order valence-electron chi connectivity index (χ0n) is 67.2. The molecule has 1 aromatic carbocycles. The Balaban J connectivity index is 0.727. The molecule has 3 aromatic rings. The Hall–Kier alpha value is -3.87. The normalized spacial score (nSPS) is 13.0. The number of aryl methyl sites for hydroxylation is 2. The summed E-state index contributed by atoms with van der Waals surface area (Å²) in [7, 11) is 0. The van der Waals surface area contributed by atoms with Gasteiger partial charge in [0.15, 0.2) is 5.82 Å². The van der Waals surface area contributed by atoms with Crippen LogP contribution in [-0.2, 0) is 136 Å². The van der Waals surface area contributed by atoms with E-state index >= 15 is 0 Å². The number of imidazole rings is 1. The summed E-state index contributed by atoms with van der Waals surface area (Å²) >= 11 is 0. The van der Waals surface area contributed by atoms with Crippen LogP contribution < -0.4 is 10.6 Å². The van der Waals surface area contributed by atoms with Gasteiger partial charge in [-0.15, -0.1) is 0 Å². The Kier molecular flexibility index (Phi) is 64.2. The van der Waals surface area contributed by atoms with Gasteiger partial charge in [-0.25, -0.2) is 9.97 Å². The molecule has 3 N–H and O–H groups in total. The van der Waals surface area contributed by atoms with Gasteiger partial charge in [0, 0.05) is 63.4 Å². The minimum absolute atomic E-state index is 0.181. The zero-order valence-corrected chi connectivity index (χ0v) is 67.2. The first-order valence-corrected chi connectivity index (χ1v) is 39.9. The molecule has 0 radical (unpaired) electrons. The fourth-order valence-corrected chi connectivity index (χ4v) is 10.4. The van der Waals surface area contributed by atoms with Crippen LogP contribution in [0.2, 0.25) is 0 Å². The van der Waals surface area contributed by atoms with E-state index in [1.165, 1.54) is 5.69 Å². The summed E-state index contributed by atoms with van der Waals surface area (Å²) in [4.78, 5) is 26.3. The highest BCUT2D eigenvalue weighted by Crippen LogP contribution is 2.33. The molecule has 33 heteroatoms. The Morgan fingerprint density at radius 2 is 0.691 bits per heavy atom. The number of nitrogen functional groups attached to an aromatic ring is 1. The largest absolute Gasteiger partial charge is 0.460 e. The van der Waals surface area contributed by atoms with Crippen molar-refractivity contribution in [2.24, 2.45) is 0 Å². The first-order valence-electron chi connectivity index (χ1n) is 39.9. The summed E-state index contributed by atoms with van der Waals surface area (Å²) in [6.07, 6.45) is 4.89. The Labute approximate surface area is 654 Å². The molecule has 0 amide bonds. The molecule has 4 rings (SSSR count). The van der Waals surface area contributed by atoms with Crippen LogP contribution in [0.15, 0.2) is 18.2 Å². The number of anilines is 2. The van der Waals surface area contributed by atoms with E-state index in [2.05, 4.69) is 39.5 Å². The molecule has 0 unspecified atom stereocenters. The summed E-state index contributed by atoms with van der Waals surface area (Å²) in [5, 5.41) is 10.6. The van der Waals surface area contributed by atoms with Crippen LogP contribution in [0.1, 0.15) is 65.6 Å². The van der Waals surface area contributed by atoms with Crippen LogP contribution in [-0.4, -0.2) is 393 Å². The summed E-state index contributed by atoms with van der Waals surface area (Å²) in [6, 6.07) is 6.49. The number of aromatic nitrogens is 3. The number of ether oxygens (including phenoxy) is 25. The second-order valence-electron chi connectivity index (χ2n) is 26.0. The summed E-state index contributed by atoms with van der Waals surface area (Å²) in [5.74, 6) is 1.24. The molecule has 1 aliphatic heterocycles. The Morgan fingerprint density at radius 3 is 0.982 bits per heavy atom. The van der Waals surface area contributed by atoms with Crippen LogP contribution in [0.5, 0.6) is 0 Å². The van der Waals surface area contributed by atoms with Gasteiger partial charge in [0.2, 0.25) is 0 Å². The molecule has 1 saturated heterocycles. The van der Waals surface area contributed by atoms with E-state index in [0.717, 1.165) is 99.1 Å². The van der Waals surface area contributed by atoms with Gasteiger partial charge in [-0.05, 0) is 58.2 Å². The number of hydrogen-bond acceptors (Lipinski definition) is 32. The third-order valence-electron chi connectivity index (χ3n) is 16.0. The minimum atomic E-state index is -0.486. The maximum atomic E-state index is 11.6. The van der Waals surface area contributed by atoms with E-state index in [0.29, 0.717) is 323 Å². The molecule has 0 spiro atoms. The fourth-order valence-electron chi connectivity index (χ4n) is 10.4. The maximum absolute atomic E-state index is 11.6. The summed E-state index contributed by atoms with van der Waals surface area (Å²) in [6.45, 7) is 36.3. The minimum Gasteiger partial charge on any atom is -0.460 e. The Morgan fingerprint density at radius 1 is 0.391 bits per heavy atom. The smallest absolute Gasteiger partial charge is 0.308 e. The van der Waals surface area contributed by atoms with Gasteiger partial charge in [0.05, 0.1) is 335 Å². The van der Waals surface area contributed by atoms with Gasteiger partial charge in [-0.2, -0.15) is 0 Å². The van der Waals surface area contributed by atoms with Crippen molar-refractivity contribution in [1.29, 1.82) is 0 Å². The predicted molar refractivity (Wildman–Crippen MR) is 413 cm³/mol. The van der Waals surface area contributed by atoms with Crippen LogP contribution in [0.3, 0.4) is 0 Å². The van der Waals surface area contributed by atoms with E-state index in [9.17, 15) is 9.90 Å². The number of carbonyl (C=O) groups is 1. The van der Waals surface area contributed by atoms with E-state index in [-0.39, 0.29) is 19.0 Å². The number of unbranched alkanes of at least 4 members (excludes halogenated alkanes) is 2. The van der Waals surface area contributed by atoms with E-state index in [4.69, 9.17) is 134 Å². The average molecular weight is 1580 g/mol. The molecule has 0 aliphatic carbocycles. The number of rotatable bonds is 83. The van der Waals surface area contributed by atoms with Gasteiger partial charge in [0.1, 0.15) is 16.9 Å². The molecule has 1 fully saturated rings. The molecule has 0 atom stereocenters. The number of fused-ring (bicyclic) bond motifs is 3. The first-order chi connectivity index (χ1) is 54.2. The van der Waals surface area contributed by atoms with Crippen molar-refractivity contribution >= 4 is 39.4 Å². The summed E-state index contributed by atoms with van der Waals surface area (Å²) in [5.41, 5.74) is 9.88. The number of nitrogens with two attached hydrogens (primary N) is 1. The molecule has 1 aliphatic rings. The molecule has 33 nitrogen and oxygen atoms in total. The van der Waals surface area contributed by atoms with Crippen LogP contribution in [0, 0.1) is 0 Å². The number of aliphatic hydroxyl groups excluding tert-OH is 1. The lowest BCUT2D eigenvalue weighted by Gasteiger charge is -2.36. The van der Waals surface area contributed by atoms with Crippen LogP contribution >= 0.6 is 0 Å². The third kappa shape index (κ3) is 54.8. The average Bonchev–Trinajstić information content (AvgIpc) is 1.58. The van der Waals surface area contributed by atoms with Gasteiger partial charge in [-0.3, -0.25) is 9.69 Å². The molecular weight excluding hydrogens is 1440 g/mol. The van der Waals surface area contributed by atoms with Gasteiger partial charge < -0.3 is 139 Å². The molecule has 640 valence electrons. The number of esters is 1. The van der Waals surface area contributed by atoms with Gasteiger partial charge in [0.25, 0.3) is 0 Å². The van der Waals surface area contributed by atoms with Crippen molar-refractivity contribution in [2.75, 3.05) is 367 Å². The Bertz CT molecular complexity index is 2540. The first kappa shape index (κ1) is 98.5. The number of aliphatic hydroxyl groups is 1. The third-order valence-corrected chi connectivity index (χ3v) is 16.0. The lowest BCUT2D eigenvalue weighted by molar-refractivity contribution is -0.156. The fraction of sp³-hybridized carbons (Fsp3) is 0.857. The highest BCUT2D eigenvalue weighted by molar-refractivity contribution is 6.07. The highest BCUT2D eigenvalue weighted by atomic mass is 16.6. The SMILES string of the molecule is CCCCc1nc2c(N)nc3ccc(N4CCN(CCOCCOCCOCCOCCOCCOCCOCCOCCOCCOCCOCCOCCOCCOCCOCCOCCOCCOCCOCCOCCOCCOCCOCCOCCC(=O)OC(C)(C)C)CC4)cc3c2n1CCCCO. The number of nitrogens with zero attached hydrogens (tertiary/aromatic N) is 5. The van der Waals surface area contributed by atoms with Crippen molar-refractivity contribution in [3.05, 3.63) is 24.0 Å². The number of pyridine rings is 1. The molecule has 0 bridgehead atoms. The number of carbonyl (C=O) groups excluding carboxylic acids is 1. The standard InChI is InChI=1S/C77H140N6O27/c1-5-6-9-72-80-74-75(83(72)13-7-8-19-84)70-68-69(10-11-71(70)79-76(74)78)82-16-14-81(15-17-82)18-21-87-23-25-89-27-29-91-31-33-93-35-37-95-39-41-97-43-45-99-47-49-101-51-53-103-55-57-105-59-61-107-63-65-109-67-66-108-64-62-106-60-58-104-56-54-102-52-50-100-48-46-98-44-42-96-40-38-94-36-34-92-32-30-90-28-26-88-24-22-86-20-12-73(85)110-77(2,3)4/h10-11,68,84H,5-9,12-67H2,1-4H3,(H2,78,79). The quantitative estimate of drug-likeness (QED) is 0.0579. The van der Waals surface area contributed by atoms with E-state index < -0.39 is 5.60 Å². The molecule has 0 saturated carbocycles. The van der Waals surface area contributed by atoms with Gasteiger partial charge in [-0.1, -0.05) is 13.3 Å². The summed E-state index contributed by atoms with van der Waals surface area (Å²) < 4.78 is 141. The second-order valence-corrected chi connectivity index (χ2v) is 26.0. The predicted octanol–water partition coefficient (Wildman–Crippen LogP) is 4.53. The zero-order chi connectivity index (χ0) is 78.2. The van der Waals surface area contributed by atoms with Crippen molar-refractivity contribution < 1.29 is 128 Å². The second kappa shape index (κ2) is 71.7. The topological polar surface area (TPSA) is 331 Å². The van der Waals surface area contributed by atoms with Crippen molar-refractivity contribution in [3.63, 3.8) is 0 Å².